The minimum atomic E-state index is 0.503. The predicted molar refractivity (Wildman–Crippen MR) is 83.5 cm³/mol. The van der Waals surface area contributed by atoms with Gasteiger partial charge in [0, 0.05) is 24.2 Å². The van der Waals surface area contributed by atoms with Crippen LogP contribution in [0.3, 0.4) is 0 Å². The summed E-state index contributed by atoms with van der Waals surface area (Å²) in [4.78, 5) is 11.6. The van der Waals surface area contributed by atoms with Gasteiger partial charge >= 0.3 is 0 Å². The van der Waals surface area contributed by atoms with Crippen LogP contribution < -0.4 is 4.74 Å². The third-order valence-electron chi connectivity index (χ3n) is 4.10. The van der Waals surface area contributed by atoms with Crippen molar-refractivity contribution in [3.05, 3.63) is 42.4 Å². The summed E-state index contributed by atoms with van der Waals surface area (Å²) >= 11 is 0. The second-order valence-corrected chi connectivity index (χ2v) is 5.63. The van der Waals surface area contributed by atoms with Gasteiger partial charge in [-0.05, 0) is 38.6 Å². The Morgan fingerprint density at radius 3 is 2.76 bits per heavy atom. The first-order valence-electron chi connectivity index (χ1n) is 7.42. The fourth-order valence-electron chi connectivity index (χ4n) is 2.95. The lowest BCUT2D eigenvalue weighted by atomic mass is 9.95. The smallest absolute Gasteiger partial charge is 0.128 e. The van der Waals surface area contributed by atoms with Gasteiger partial charge in [-0.25, -0.2) is 0 Å². The van der Waals surface area contributed by atoms with E-state index in [0.717, 1.165) is 29.2 Å². The van der Waals surface area contributed by atoms with Gasteiger partial charge in [0.05, 0.1) is 24.7 Å². The van der Waals surface area contributed by atoms with Crippen molar-refractivity contribution in [1.82, 2.24) is 14.9 Å². The quantitative estimate of drug-likeness (QED) is 0.868. The molecule has 21 heavy (non-hydrogen) atoms. The molecule has 0 spiro atoms. The molecule has 1 saturated heterocycles. The first-order valence-corrected chi connectivity index (χ1v) is 7.42. The molecule has 1 aromatic carbocycles. The van der Waals surface area contributed by atoms with Crippen LogP contribution in [0.4, 0.5) is 0 Å². The first-order chi connectivity index (χ1) is 10.3. The molecule has 1 aliphatic heterocycles. The van der Waals surface area contributed by atoms with Gasteiger partial charge in [0.15, 0.2) is 0 Å². The molecular weight excluding hydrogens is 262 g/mol. The topological polar surface area (TPSA) is 38.2 Å². The van der Waals surface area contributed by atoms with Crippen LogP contribution in [0.2, 0.25) is 0 Å². The number of likely N-dealkylation sites (N-methyl/N-ethyl adjacent to an activating group) is 1. The van der Waals surface area contributed by atoms with Crippen molar-refractivity contribution < 1.29 is 4.74 Å². The van der Waals surface area contributed by atoms with E-state index < -0.39 is 0 Å². The predicted octanol–water partition coefficient (Wildman–Crippen LogP) is 2.96. The summed E-state index contributed by atoms with van der Waals surface area (Å²) in [7, 11) is 3.85. The second kappa shape index (κ2) is 6.22. The van der Waals surface area contributed by atoms with Crippen LogP contribution in [0, 0.1) is 0 Å². The van der Waals surface area contributed by atoms with Crippen LogP contribution in [0.25, 0.3) is 11.3 Å². The third-order valence-corrected chi connectivity index (χ3v) is 4.10. The molecule has 4 heteroatoms. The fourth-order valence-corrected chi connectivity index (χ4v) is 2.95. The largest absolute Gasteiger partial charge is 0.496 e. The van der Waals surface area contributed by atoms with Crippen molar-refractivity contribution in [3.8, 4) is 17.0 Å². The molecule has 1 unspecified atom stereocenters. The van der Waals surface area contributed by atoms with Crippen molar-refractivity contribution >= 4 is 0 Å². The van der Waals surface area contributed by atoms with Gasteiger partial charge in [0.1, 0.15) is 5.75 Å². The molecule has 3 rings (SSSR count). The first kappa shape index (κ1) is 14.0. The third kappa shape index (κ3) is 3.05. The van der Waals surface area contributed by atoms with Crippen LogP contribution in [-0.4, -0.2) is 42.1 Å². The molecule has 1 fully saturated rings. The lowest BCUT2D eigenvalue weighted by molar-refractivity contribution is 0.248. The van der Waals surface area contributed by atoms with Gasteiger partial charge in [0.2, 0.25) is 0 Å². The van der Waals surface area contributed by atoms with E-state index in [9.17, 15) is 0 Å². The zero-order valence-corrected chi connectivity index (χ0v) is 12.6. The average Bonchev–Trinajstić information content (AvgIpc) is 2.55. The molecular formula is C17H21N3O. The summed E-state index contributed by atoms with van der Waals surface area (Å²) in [5, 5.41) is 0. The van der Waals surface area contributed by atoms with Gasteiger partial charge in [-0.1, -0.05) is 12.1 Å². The van der Waals surface area contributed by atoms with Gasteiger partial charge in [-0.3, -0.25) is 9.97 Å². The number of hydrogen-bond donors (Lipinski definition) is 0. The van der Waals surface area contributed by atoms with E-state index in [1.54, 1.807) is 7.11 Å². The lowest BCUT2D eigenvalue weighted by Gasteiger charge is -2.29. The Balaban J connectivity index is 1.83. The molecule has 1 atom stereocenters. The Morgan fingerprint density at radius 1 is 1.19 bits per heavy atom. The summed E-state index contributed by atoms with van der Waals surface area (Å²) in [5.74, 6) is 1.33. The zero-order chi connectivity index (χ0) is 14.7. The molecule has 0 amide bonds. The highest BCUT2D eigenvalue weighted by Gasteiger charge is 2.20. The number of para-hydroxylation sites is 1. The minimum absolute atomic E-state index is 0.503. The normalized spacial score (nSPS) is 19.4. The molecule has 0 N–H and O–H groups in total. The van der Waals surface area contributed by atoms with Crippen LogP contribution in [0.1, 0.15) is 24.5 Å². The molecule has 0 radical (unpaired) electrons. The molecule has 1 aromatic heterocycles. The number of ether oxygens (including phenoxy) is 1. The number of nitrogens with zero attached hydrogens (tertiary/aromatic N) is 3. The summed E-state index contributed by atoms with van der Waals surface area (Å²) in [6, 6.07) is 7.91. The molecule has 0 bridgehead atoms. The molecule has 0 saturated carbocycles. The summed E-state index contributed by atoms with van der Waals surface area (Å²) in [6.07, 6.45) is 6.22. The van der Waals surface area contributed by atoms with Crippen molar-refractivity contribution in [3.63, 3.8) is 0 Å². The summed E-state index contributed by atoms with van der Waals surface area (Å²) < 4.78 is 5.39. The molecule has 110 valence electrons. The second-order valence-electron chi connectivity index (χ2n) is 5.63. The number of aromatic nitrogens is 2. The lowest BCUT2D eigenvalue weighted by Crippen LogP contribution is -2.31. The number of likely N-dealkylation sites (tertiary alicyclic amines) is 1. The van der Waals surface area contributed by atoms with Crippen molar-refractivity contribution in [1.29, 1.82) is 0 Å². The maximum absolute atomic E-state index is 5.39. The Labute approximate surface area is 125 Å². The number of methoxy groups -OCH3 is 1. The number of rotatable bonds is 3. The van der Waals surface area contributed by atoms with Crippen LogP contribution in [0.15, 0.2) is 36.7 Å². The molecule has 2 aromatic rings. The Bertz CT molecular complexity index is 597. The van der Waals surface area contributed by atoms with E-state index in [-0.39, 0.29) is 0 Å². The van der Waals surface area contributed by atoms with Gasteiger partial charge < -0.3 is 9.64 Å². The Hall–Kier alpha value is -1.94. The van der Waals surface area contributed by atoms with E-state index in [2.05, 4.69) is 21.9 Å². The van der Waals surface area contributed by atoms with Crippen LogP contribution in [0.5, 0.6) is 5.75 Å². The standard InChI is InChI=1S/C17H21N3O/c1-20-9-5-6-13(12-20)15-10-19-16(11-18-15)14-7-3-4-8-17(14)21-2/h3-4,7-8,10-11,13H,5-6,9,12H2,1-2H3. The zero-order valence-electron chi connectivity index (χ0n) is 12.6. The number of hydrogen-bond acceptors (Lipinski definition) is 4. The van der Waals surface area contributed by atoms with Crippen LogP contribution >= 0.6 is 0 Å². The Morgan fingerprint density at radius 2 is 2.05 bits per heavy atom. The maximum Gasteiger partial charge on any atom is 0.128 e. The maximum atomic E-state index is 5.39. The SMILES string of the molecule is COc1ccccc1-c1cnc(C2CCCN(C)C2)cn1. The van der Waals surface area contributed by atoms with E-state index in [4.69, 9.17) is 4.74 Å². The van der Waals surface area contributed by atoms with E-state index in [0.29, 0.717) is 5.92 Å². The van der Waals surface area contributed by atoms with Crippen molar-refractivity contribution in [2.24, 2.45) is 0 Å². The van der Waals surface area contributed by atoms with Crippen LogP contribution in [-0.2, 0) is 0 Å². The van der Waals surface area contributed by atoms with E-state index >= 15 is 0 Å². The molecule has 1 aliphatic rings. The number of benzene rings is 1. The minimum Gasteiger partial charge on any atom is -0.496 e. The average molecular weight is 283 g/mol. The molecule has 2 heterocycles. The van der Waals surface area contributed by atoms with Gasteiger partial charge in [-0.15, -0.1) is 0 Å². The highest BCUT2D eigenvalue weighted by atomic mass is 16.5. The van der Waals surface area contributed by atoms with Crippen molar-refractivity contribution in [2.75, 3.05) is 27.2 Å². The molecule has 0 aliphatic carbocycles. The van der Waals surface area contributed by atoms with Gasteiger partial charge in [0.25, 0.3) is 0 Å². The number of piperidine rings is 1. The fraction of sp³-hybridized carbons (Fsp3) is 0.412. The van der Waals surface area contributed by atoms with Crippen molar-refractivity contribution in [2.45, 2.75) is 18.8 Å². The summed E-state index contributed by atoms with van der Waals surface area (Å²) in [5.41, 5.74) is 2.94. The summed E-state index contributed by atoms with van der Waals surface area (Å²) in [6.45, 7) is 2.26. The van der Waals surface area contributed by atoms with Gasteiger partial charge in [-0.2, -0.15) is 0 Å². The van der Waals surface area contributed by atoms with E-state index in [1.165, 1.54) is 19.4 Å². The molecule has 4 nitrogen and oxygen atoms in total. The Kier molecular flexibility index (Phi) is 4.15. The highest BCUT2D eigenvalue weighted by Crippen LogP contribution is 2.29. The van der Waals surface area contributed by atoms with E-state index in [1.807, 2.05) is 36.7 Å². The highest BCUT2D eigenvalue weighted by molar-refractivity contribution is 5.66. The monoisotopic (exact) mass is 283 g/mol.